The number of carbonyl (C=O) groups is 1. The summed E-state index contributed by atoms with van der Waals surface area (Å²) in [4.78, 5) is 12.0. The maximum absolute atomic E-state index is 13.2. The first-order chi connectivity index (χ1) is 10.1. The molecule has 0 bridgehead atoms. The first-order valence-corrected chi connectivity index (χ1v) is 7.41. The van der Waals surface area contributed by atoms with Crippen molar-refractivity contribution in [2.75, 3.05) is 5.32 Å². The van der Waals surface area contributed by atoms with Gasteiger partial charge < -0.3 is 11.1 Å². The fraction of sp³-hybridized carbons (Fsp3) is 0.188. The Morgan fingerprint density at radius 1 is 1.24 bits per heavy atom. The molecule has 0 radical (unpaired) electrons. The van der Waals surface area contributed by atoms with Crippen LogP contribution in [0.4, 0.5) is 10.1 Å². The fourth-order valence-electron chi connectivity index (χ4n) is 1.92. The minimum Gasteiger partial charge on any atom is -0.324 e. The molecular formula is C16H16BrFN2O. The number of anilines is 1. The smallest absolute Gasteiger partial charge is 0.241 e. The third-order valence-corrected chi connectivity index (χ3v) is 3.80. The molecule has 2 aromatic rings. The number of hydrogen-bond acceptors (Lipinski definition) is 2. The average Bonchev–Trinajstić information content (AvgIpc) is 2.49. The highest BCUT2D eigenvalue weighted by Crippen LogP contribution is 2.23. The summed E-state index contributed by atoms with van der Waals surface area (Å²) in [5.74, 6) is -0.733. The van der Waals surface area contributed by atoms with Crippen molar-refractivity contribution in [3.63, 3.8) is 0 Å². The Balaban J connectivity index is 1.92. The molecule has 0 aliphatic carbocycles. The van der Waals surface area contributed by atoms with Crippen molar-refractivity contribution in [1.29, 1.82) is 0 Å². The van der Waals surface area contributed by atoms with Crippen molar-refractivity contribution in [1.82, 2.24) is 0 Å². The molecule has 2 rings (SSSR count). The first-order valence-electron chi connectivity index (χ1n) is 6.61. The van der Waals surface area contributed by atoms with E-state index in [1.165, 1.54) is 12.1 Å². The van der Waals surface area contributed by atoms with Gasteiger partial charge in [0.15, 0.2) is 0 Å². The summed E-state index contributed by atoms with van der Waals surface area (Å²) in [5, 5.41) is 2.64. The fourth-order valence-corrected chi connectivity index (χ4v) is 2.26. The van der Waals surface area contributed by atoms with Gasteiger partial charge in [-0.1, -0.05) is 30.3 Å². The van der Waals surface area contributed by atoms with Gasteiger partial charge in [-0.25, -0.2) is 4.39 Å². The van der Waals surface area contributed by atoms with E-state index < -0.39 is 11.9 Å². The molecule has 3 N–H and O–H groups in total. The molecule has 1 unspecified atom stereocenters. The van der Waals surface area contributed by atoms with Crippen molar-refractivity contribution in [3.05, 3.63) is 64.4 Å². The van der Waals surface area contributed by atoms with Crippen LogP contribution in [0.5, 0.6) is 0 Å². The minimum absolute atomic E-state index is 0.322. The molecule has 110 valence electrons. The molecule has 21 heavy (non-hydrogen) atoms. The lowest BCUT2D eigenvalue weighted by atomic mass is 10.1. The van der Waals surface area contributed by atoms with Crippen LogP contribution in [-0.2, 0) is 11.2 Å². The van der Waals surface area contributed by atoms with Gasteiger partial charge in [0, 0.05) is 4.47 Å². The number of amides is 1. The molecule has 1 atom stereocenters. The van der Waals surface area contributed by atoms with Crippen LogP contribution in [0.1, 0.15) is 12.0 Å². The second-order valence-corrected chi connectivity index (χ2v) is 5.60. The van der Waals surface area contributed by atoms with Gasteiger partial charge in [0.2, 0.25) is 5.91 Å². The van der Waals surface area contributed by atoms with Crippen molar-refractivity contribution in [3.8, 4) is 0 Å². The van der Waals surface area contributed by atoms with Crippen molar-refractivity contribution < 1.29 is 9.18 Å². The van der Waals surface area contributed by atoms with E-state index in [-0.39, 0.29) is 5.91 Å². The topological polar surface area (TPSA) is 55.1 Å². The molecule has 1 amide bonds. The van der Waals surface area contributed by atoms with Gasteiger partial charge in [-0.3, -0.25) is 4.79 Å². The Morgan fingerprint density at radius 3 is 2.67 bits per heavy atom. The van der Waals surface area contributed by atoms with E-state index >= 15 is 0 Å². The highest BCUT2D eigenvalue weighted by molar-refractivity contribution is 9.10. The maximum atomic E-state index is 13.2. The number of nitrogens with one attached hydrogen (secondary N) is 1. The standard InChI is InChI=1S/C16H16BrFN2O/c17-13-8-7-12(18)10-15(13)20-16(21)14(19)9-6-11-4-2-1-3-5-11/h1-5,7-8,10,14H,6,9,19H2,(H,20,21). The predicted octanol–water partition coefficient (Wildman–Crippen LogP) is 3.49. The quantitative estimate of drug-likeness (QED) is 0.867. The zero-order valence-electron chi connectivity index (χ0n) is 11.4. The molecule has 2 aromatic carbocycles. The van der Waals surface area contributed by atoms with Gasteiger partial charge in [-0.2, -0.15) is 0 Å². The molecule has 0 aliphatic heterocycles. The molecule has 0 saturated carbocycles. The van der Waals surface area contributed by atoms with Gasteiger partial charge in [0.25, 0.3) is 0 Å². The van der Waals surface area contributed by atoms with Gasteiger partial charge in [-0.05, 0) is 52.5 Å². The van der Waals surface area contributed by atoms with Gasteiger partial charge in [-0.15, -0.1) is 0 Å². The van der Waals surface area contributed by atoms with E-state index in [9.17, 15) is 9.18 Å². The third kappa shape index (κ3) is 4.65. The summed E-state index contributed by atoms with van der Waals surface area (Å²) in [6, 6.07) is 13.3. The molecular weight excluding hydrogens is 335 g/mol. The highest BCUT2D eigenvalue weighted by atomic mass is 79.9. The van der Waals surface area contributed by atoms with Gasteiger partial charge in [0.05, 0.1) is 11.7 Å². The van der Waals surface area contributed by atoms with Crippen LogP contribution >= 0.6 is 15.9 Å². The zero-order valence-corrected chi connectivity index (χ0v) is 12.9. The SMILES string of the molecule is NC(CCc1ccccc1)C(=O)Nc1cc(F)ccc1Br. The summed E-state index contributed by atoms with van der Waals surface area (Å²) in [7, 11) is 0. The molecule has 0 heterocycles. The normalized spacial score (nSPS) is 12.0. The van der Waals surface area contributed by atoms with Crippen molar-refractivity contribution >= 4 is 27.5 Å². The Hall–Kier alpha value is -1.72. The van der Waals surface area contributed by atoms with E-state index in [2.05, 4.69) is 21.2 Å². The largest absolute Gasteiger partial charge is 0.324 e. The number of carbonyl (C=O) groups excluding carboxylic acids is 1. The number of hydrogen-bond donors (Lipinski definition) is 2. The second kappa shape index (κ2) is 7.33. The summed E-state index contributed by atoms with van der Waals surface area (Å²) >= 11 is 3.26. The van der Waals surface area contributed by atoms with Crippen LogP contribution in [0, 0.1) is 5.82 Å². The van der Waals surface area contributed by atoms with Crippen LogP contribution in [-0.4, -0.2) is 11.9 Å². The average molecular weight is 351 g/mol. The van der Waals surface area contributed by atoms with Crippen LogP contribution in [0.3, 0.4) is 0 Å². The second-order valence-electron chi connectivity index (χ2n) is 4.74. The molecule has 5 heteroatoms. The number of rotatable bonds is 5. The van der Waals surface area contributed by atoms with E-state index in [0.29, 0.717) is 16.6 Å². The van der Waals surface area contributed by atoms with Crippen LogP contribution in [0.2, 0.25) is 0 Å². The lowest BCUT2D eigenvalue weighted by Crippen LogP contribution is -2.36. The molecule has 0 aromatic heterocycles. The van der Waals surface area contributed by atoms with E-state index in [1.54, 1.807) is 6.07 Å². The van der Waals surface area contributed by atoms with Gasteiger partial charge >= 0.3 is 0 Å². The number of benzene rings is 2. The minimum atomic E-state index is -0.639. The molecule has 0 aliphatic rings. The lowest BCUT2D eigenvalue weighted by Gasteiger charge is -2.13. The van der Waals surface area contributed by atoms with Crippen molar-refractivity contribution in [2.24, 2.45) is 5.73 Å². The number of halogens is 2. The monoisotopic (exact) mass is 350 g/mol. The van der Waals surface area contributed by atoms with Crippen molar-refractivity contribution in [2.45, 2.75) is 18.9 Å². The highest BCUT2D eigenvalue weighted by Gasteiger charge is 2.15. The van der Waals surface area contributed by atoms with Crippen LogP contribution < -0.4 is 11.1 Å². The van der Waals surface area contributed by atoms with E-state index in [0.717, 1.165) is 12.0 Å². The Kier molecular flexibility index (Phi) is 5.47. The van der Waals surface area contributed by atoms with Crippen LogP contribution in [0.15, 0.2) is 53.0 Å². The van der Waals surface area contributed by atoms with E-state index in [1.807, 2.05) is 30.3 Å². The Morgan fingerprint density at radius 2 is 1.95 bits per heavy atom. The number of nitrogens with two attached hydrogens (primary N) is 1. The molecule has 0 spiro atoms. The maximum Gasteiger partial charge on any atom is 0.241 e. The summed E-state index contributed by atoms with van der Waals surface area (Å²) < 4.78 is 13.8. The predicted molar refractivity (Wildman–Crippen MR) is 85.5 cm³/mol. The van der Waals surface area contributed by atoms with E-state index in [4.69, 9.17) is 5.73 Å². The number of aryl methyl sites for hydroxylation is 1. The zero-order chi connectivity index (χ0) is 15.2. The summed E-state index contributed by atoms with van der Waals surface area (Å²) in [5.41, 5.74) is 7.40. The Labute approximate surface area is 131 Å². The summed E-state index contributed by atoms with van der Waals surface area (Å²) in [6.07, 6.45) is 1.25. The summed E-state index contributed by atoms with van der Waals surface area (Å²) in [6.45, 7) is 0. The Bertz CT molecular complexity index is 619. The molecule has 0 fully saturated rings. The van der Waals surface area contributed by atoms with Crippen LogP contribution in [0.25, 0.3) is 0 Å². The molecule has 3 nitrogen and oxygen atoms in total. The lowest BCUT2D eigenvalue weighted by molar-refractivity contribution is -0.117. The third-order valence-electron chi connectivity index (χ3n) is 3.11. The first kappa shape index (κ1) is 15.7. The van der Waals surface area contributed by atoms with Gasteiger partial charge in [0.1, 0.15) is 5.82 Å². The molecule has 0 saturated heterocycles.